The largest absolute Gasteiger partial charge is 0.493 e. The summed E-state index contributed by atoms with van der Waals surface area (Å²) in [7, 11) is 2.97. The van der Waals surface area contributed by atoms with Crippen LogP contribution in [0.2, 0.25) is 5.02 Å². The smallest absolute Gasteiger partial charge is 0.416 e. The fraction of sp³-hybridized carbons (Fsp3) is 0.300. The van der Waals surface area contributed by atoms with Crippen LogP contribution in [0.25, 0.3) is 0 Å². The van der Waals surface area contributed by atoms with Crippen LogP contribution in [0.3, 0.4) is 0 Å². The molecule has 1 aliphatic rings. The summed E-state index contributed by atoms with van der Waals surface area (Å²) in [4.78, 5) is 27.8. The van der Waals surface area contributed by atoms with Crippen LogP contribution in [-0.2, 0) is 11.0 Å². The number of benzene rings is 2. The van der Waals surface area contributed by atoms with Crippen LogP contribution in [0.4, 0.5) is 29.3 Å². The number of methoxy groups -OCH3 is 2. The number of anilines is 2. The summed E-state index contributed by atoms with van der Waals surface area (Å²) in [5.41, 5.74) is -0.555. The Morgan fingerprint density at radius 2 is 1.81 bits per heavy atom. The van der Waals surface area contributed by atoms with Gasteiger partial charge in [-0.15, -0.1) is 0 Å². The van der Waals surface area contributed by atoms with Crippen molar-refractivity contribution in [2.45, 2.75) is 6.18 Å². The molecular weight excluding hydrogens is 439 g/mol. The van der Waals surface area contributed by atoms with Crippen LogP contribution < -0.4 is 19.7 Å². The first kappa shape index (κ1) is 22.5. The molecule has 0 spiro atoms. The van der Waals surface area contributed by atoms with E-state index in [4.69, 9.17) is 21.1 Å². The molecule has 0 bridgehead atoms. The van der Waals surface area contributed by atoms with E-state index in [2.05, 4.69) is 5.32 Å². The number of rotatable bonds is 6. The molecule has 3 rings (SSSR count). The van der Waals surface area contributed by atoms with Gasteiger partial charge in [0.2, 0.25) is 5.91 Å². The molecule has 2 aromatic carbocycles. The van der Waals surface area contributed by atoms with Crippen LogP contribution in [0.15, 0.2) is 36.4 Å². The molecule has 0 radical (unpaired) electrons. The van der Waals surface area contributed by atoms with Gasteiger partial charge < -0.3 is 19.7 Å². The molecule has 3 amide bonds. The number of hydrogen-bond donors (Lipinski definition) is 1. The van der Waals surface area contributed by atoms with Crippen molar-refractivity contribution in [3.05, 3.63) is 47.0 Å². The molecule has 1 aliphatic heterocycles. The highest BCUT2D eigenvalue weighted by Crippen LogP contribution is 2.34. The quantitative estimate of drug-likeness (QED) is 0.703. The van der Waals surface area contributed by atoms with Crippen molar-refractivity contribution in [2.24, 2.45) is 0 Å². The Kier molecular flexibility index (Phi) is 6.49. The number of nitrogens with zero attached hydrogens (tertiary/aromatic N) is 2. The minimum absolute atomic E-state index is 0.0407. The highest BCUT2D eigenvalue weighted by Gasteiger charge is 2.33. The Morgan fingerprint density at radius 1 is 1.10 bits per heavy atom. The van der Waals surface area contributed by atoms with E-state index >= 15 is 0 Å². The van der Waals surface area contributed by atoms with E-state index in [1.54, 1.807) is 18.2 Å². The normalized spacial score (nSPS) is 14.1. The highest BCUT2D eigenvalue weighted by molar-refractivity contribution is 6.33. The number of urea groups is 1. The van der Waals surface area contributed by atoms with Crippen LogP contribution >= 0.6 is 11.6 Å². The van der Waals surface area contributed by atoms with E-state index in [-0.39, 0.29) is 23.8 Å². The molecule has 166 valence electrons. The Morgan fingerprint density at radius 3 is 2.45 bits per heavy atom. The molecule has 2 aromatic rings. The van der Waals surface area contributed by atoms with E-state index in [0.717, 1.165) is 18.2 Å². The molecule has 0 aliphatic carbocycles. The Bertz CT molecular complexity index is 1000. The zero-order chi connectivity index (χ0) is 22.8. The summed E-state index contributed by atoms with van der Waals surface area (Å²) < 4.78 is 49.1. The lowest BCUT2D eigenvalue weighted by Crippen LogP contribution is -2.37. The number of amides is 3. The second kappa shape index (κ2) is 8.93. The number of nitrogens with one attached hydrogen (secondary N) is 1. The fourth-order valence-corrected chi connectivity index (χ4v) is 3.29. The van der Waals surface area contributed by atoms with Gasteiger partial charge in [-0.1, -0.05) is 11.6 Å². The van der Waals surface area contributed by atoms with E-state index in [9.17, 15) is 22.8 Å². The number of ether oxygens (including phenoxy) is 2. The van der Waals surface area contributed by atoms with Crippen molar-refractivity contribution >= 4 is 34.9 Å². The maximum absolute atomic E-state index is 12.9. The monoisotopic (exact) mass is 457 g/mol. The van der Waals surface area contributed by atoms with Crippen molar-refractivity contribution in [2.75, 3.05) is 44.1 Å². The van der Waals surface area contributed by atoms with Gasteiger partial charge in [-0.25, -0.2) is 4.79 Å². The molecule has 0 aromatic heterocycles. The van der Waals surface area contributed by atoms with Crippen molar-refractivity contribution in [3.8, 4) is 11.5 Å². The minimum atomic E-state index is -4.57. The van der Waals surface area contributed by atoms with Crippen LogP contribution in [-0.4, -0.2) is 50.7 Å². The zero-order valence-corrected chi connectivity index (χ0v) is 17.4. The molecule has 1 N–H and O–H groups in total. The molecule has 0 atom stereocenters. The average Bonchev–Trinajstić information content (AvgIpc) is 3.08. The minimum Gasteiger partial charge on any atom is -0.493 e. The second-order valence-electron chi connectivity index (χ2n) is 6.64. The van der Waals surface area contributed by atoms with E-state index in [1.165, 1.54) is 24.0 Å². The molecule has 11 heteroatoms. The summed E-state index contributed by atoms with van der Waals surface area (Å²) in [6.45, 7) is 0.248. The number of hydrogen-bond acceptors (Lipinski definition) is 4. The zero-order valence-electron chi connectivity index (χ0n) is 16.6. The number of alkyl halides is 3. The predicted molar refractivity (Wildman–Crippen MR) is 109 cm³/mol. The van der Waals surface area contributed by atoms with Gasteiger partial charge in [0.15, 0.2) is 11.5 Å². The number of carbonyl (C=O) groups is 2. The standard InChI is InChI=1S/C20H19ClF3N3O4/c1-30-16-6-4-13(10-17(16)31-2)27-8-7-26(19(27)29)11-18(28)25-15-9-12(20(22,23)24)3-5-14(15)21/h3-6,9-10H,7-8,11H2,1-2H3,(H,25,28). The first-order valence-electron chi connectivity index (χ1n) is 9.09. The highest BCUT2D eigenvalue weighted by atomic mass is 35.5. The third kappa shape index (κ3) is 4.96. The predicted octanol–water partition coefficient (Wildman–Crippen LogP) is 4.26. The van der Waals surface area contributed by atoms with Crippen LogP contribution in [0.5, 0.6) is 11.5 Å². The Hall–Kier alpha value is -3.14. The lowest BCUT2D eigenvalue weighted by molar-refractivity contribution is -0.137. The van der Waals surface area contributed by atoms with E-state index in [0.29, 0.717) is 23.7 Å². The molecular formula is C20H19ClF3N3O4. The Labute approximate surface area is 181 Å². The summed E-state index contributed by atoms with van der Waals surface area (Å²) in [5, 5.41) is 2.30. The van der Waals surface area contributed by atoms with E-state index in [1.807, 2.05) is 0 Å². The topological polar surface area (TPSA) is 71.1 Å². The van der Waals surface area contributed by atoms with Crippen molar-refractivity contribution in [3.63, 3.8) is 0 Å². The van der Waals surface area contributed by atoms with Gasteiger partial charge in [0.1, 0.15) is 6.54 Å². The maximum atomic E-state index is 12.9. The van der Waals surface area contributed by atoms with Gasteiger partial charge in [-0.3, -0.25) is 9.69 Å². The maximum Gasteiger partial charge on any atom is 0.416 e. The molecule has 0 saturated carbocycles. The van der Waals surface area contributed by atoms with Crippen molar-refractivity contribution in [1.29, 1.82) is 0 Å². The van der Waals surface area contributed by atoms with Gasteiger partial charge in [0.25, 0.3) is 0 Å². The van der Waals surface area contributed by atoms with Gasteiger partial charge in [-0.2, -0.15) is 13.2 Å². The molecule has 0 unspecified atom stereocenters. The first-order chi connectivity index (χ1) is 14.6. The van der Waals surface area contributed by atoms with Gasteiger partial charge in [-0.05, 0) is 30.3 Å². The first-order valence-corrected chi connectivity index (χ1v) is 9.47. The molecule has 1 saturated heterocycles. The van der Waals surface area contributed by atoms with Crippen molar-refractivity contribution in [1.82, 2.24) is 4.90 Å². The molecule has 31 heavy (non-hydrogen) atoms. The number of carbonyl (C=O) groups excluding carboxylic acids is 2. The summed E-state index contributed by atoms with van der Waals surface area (Å²) in [5.74, 6) is 0.291. The third-order valence-electron chi connectivity index (χ3n) is 4.68. The molecule has 7 nitrogen and oxygen atoms in total. The second-order valence-corrected chi connectivity index (χ2v) is 7.04. The summed E-state index contributed by atoms with van der Waals surface area (Å²) in [6, 6.07) is 7.20. The third-order valence-corrected chi connectivity index (χ3v) is 5.01. The lowest BCUT2D eigenvalue weighted by atomic mass is 10.2. The SMILES string of the molecule is COc1ccc(N2CCN(CC(=O)Nc3cc(C(F)(F)F)ccc3Cl)C2=O)cc1OC. The molecule has 1 heterocycles. The fourth-order valence-electron chi connectivity index (χ4n) is 3.12. The average molecular weight is 458 g/mol. The molecule has 1 fully saturated rings. The van der Waals surface area contributed by atoms with Gasteiger partial charge in [0, 0.05) is 24.8 Å². The van der Waals surface area contributed by atoms with Crippen molar-refractivity contribution < 1.29 is 32.2 Å². The van der Waals surface area contributed by atoms with Gasteiger partial charge in [0.05, 0.1) is 30.5 Å². The van der Waals surface area contributed by atoms with Crippen LogP contribution in [0.1, 0.15) is 5.56 Å². The lowest BCUT2D eigenvalue weighted by Gasteiger charge is -2.20. The number of halogens is 4. The summed E-state index contributed by atoms with van der Waals surface area (Å²) >= 11 is 5.90. The summed E-state index contributed by atoms with van der Waals surface area (Å²) in [6.07, 6.45) is -4.57. The van der Waals surface area contributed by atoms with E-state index < -0.39 is 23.7 Å². The van der Waals surface area contributed by atoms with Crippen LogP contribution in [0, 0.1) is 0 Å². The Balaban J connectivity index is 1.68. The van der Waals surface area contributed by atoms with Gasteiger partial charge >= 0.3 is 12.2 Å².